The van der Waals surface area contributed by atoms with Gasteiger partial charge in [0.05, 0.1) is 6.10 Å². The summed E-state index contributed by atoms with van der Waals surface area (Å²) < 4.78 is 16.8. The predicted molar refractivity (Wildman–Crippen MR) is 182 cm³/mol. The number of benzene rings is 3. The molecule has 1 amide bonds. The third kappa shape index (κ3) is 7.66. The smallest absolute Gasteiger partial charge is 0.342 e. The van der Waals surface area contributed by atoms with Crippen LogP contribution < -0.4 is 14.8 Å². The summed E-state index contributed by atoms with van der Waals surface area (Å²) in [7, 11) is 0. The third-order valence-electron chi connectivity index (χ3n) is 9.06. The van der Waals surface area contributed by atoms with Crippen molar-refractivity contribution in [2.75, 3.05) is 13.3 Å². The molecule has 256 valence electrons. The first-order valence-corrected chi connectivity index (χ1v) is 16.6. The lowest BCUT2D eigenvalue weighted by atomic mass is 9.84. The van der Waals surface area contributed by atoms with Crippen LogP contribution in [-0.4, -0.2) is 57.4 Å². The minimum absolute atomic E-state index is 0.00425. The number of carbonyl (C=O) groups excluding carboxylic acids is 3. The number of hydrogen-bond donors (Lipinski definition) is 5. The number of H-pyrrole nitrogens is 1. The summed E-state index contributed by atoms with van der Waals surface area (Å²) in [6, 6.07) is 11.6. The Kier molecular flexibility index (Phi) is 10.1. The Morgan fingerprint density at radius 1 is 1.02 bits per heavy atom. The van der Waals surface area contributed by atoms with Crippen LogP contribution in [0, 0.1) is 0 Å². The maximum Gasteiger partial charge on any atom is 0.342 e. The quantitative estimate of drug-likeness (QED) is 0.141. The molecule has 4 aromatic rings. The lowest BCUT2D eigenvalue weighted by Crippen LogP contribution is -2.27. The van der Waals surface area contributed by atoms with Gasteiger partial charge in [-0.15, -0.1) is 0 Å². The first-order chi connectivity index (χ1) is 23.7. The van der Waals surface area contributed by atoms with E-state index in [4.69, 9.17) is 14.2 Å². The molecule has 1 aromatic heterocycles. The van der Waals surface area contributed by atoms with E-state index in [-0.39, 0.29) is 59.6 Å². The minimum atomic E-state index is -0.891. The normalized spacial score (nSPS) is 17.3. The van der Waals surface area contributed by atoms with Crippen LogP contribution in [0.1, 0.15) is 90.4 Å². The van der Waals surface area contributed by atoms with Gasteiger partial charge in [-0.1, -0.05) is 18.2 Å². The molecule has 5 N–H and O–H groups in total. The molecule has 0 radical (unpaired) electrons. The van der Waals surface area contributed by atoms with Gasteiger partial charge >= 0.3 is 5.97 Å². The number of rotatable bonds is 7. The first-order valence-electron chi connectivity index (χ1n) is 16.6. The van der Waals surface area contributed by atoms with Crippen molar-refractivity contribution in [2.24, 2.45) is 0 Å². The zero-order chi connectivity index (χ0) is 34.5. The Hall–Kier alpha value is -5.45. The van der Waals surface area contributed by atoms with Crippen LogP contribution in [0.25, 0.3) is 17.0 Å². The maximum atomic E-state index is 13.6. The molecular formula is C38H40N2O9. The number of nitrogens with one attached hydrogen (secondary N) is 2. The van der Waals surface area contributed by atoms with E-state index in [1.54, 1.807) is 55.5 Å². The van der Waals surface area contributed by atoms with Gasteiger partial charge in [0.25, 0.3) is 0 Å². The fourth-order valence-electron chi connectivity index (χ4n) is 6.50. The number of cyclic esters (lactones) is 1. The molecule has 0 aliphatic carbocycles. The highest BCUT2D eigenvalue weighted by molar-refractivity contribution is 5.98. The Balaban J connectivity index is 1.32. The molecule has 3 aromatic carbocycles. The summed E-state index contributed by atoms with van der Waals surface area (Å²) in [5, 5.41) is 37.0. The van der Waals surface area contributed by atoms with Crippen molar-refractivity contribution in [1.29, 1.82) is 0 Å². The van der Waals surface area contributed by atoms with Crippen molar-refractivity contribution in [2.45, 2.75) is 70.3 Å². The first kappa shape index (κ1) is 33.5. The monoisotopic (exact) mass is 668 g/mol. The van der Waals surface area contributed by atoms with E-state index < -0.39 is 23.7 Å². The van der Waals surface area contributed by atoms with Crippen molar-refractivity contribution in [3.05, 3.63) is 82.6 Å². The average Bonchev–Trinajstić information content (AvgIpc) is 3.70. The molecule has 11 heteroatoms. The molecule has 3 heterocycles. The van der Waals surface area contributed by atoms with E-state index in [1.807, 2.05) is 6.20 Å². The van der Waals surface area contributed by atoms with E-state index in [0.717, 1.165) is 16.5 Å². The number of fused-ring (bicyclic) bond motifs is 3. The van der Waals surface area contributed by atoms with Gasteiger partial charge in [-0.3, -0.25) is 9.59 Å². The third-order valence-corrected chi connectivity index (χ3v) is 9.06. The average molecular weight is 669 g/mol. The SMILES string of the molecule is C[C@H]1CCCC(=O)CCCC=Cc2cc(O)c(C(CC(=O)NCCc3c[nH]c4ccc(O)cc34)c3ccc4c(c3)OCO4)c(O)c2C(=O)O1. The zero-order valence-electron chi connectivity index (χ0n) is 27.3. The van der Waals surface area contributed by atoms with Crippen molar-refractivity contribution in [3.8, 4) is 28.7 Å². The number of phenols is 3. The summed E-state index contributed by atoms with van der Waals surface area (Å²) in [6.45, 7) is 2.06. The molecule has 2 aliphatic rings. The summed E-state index contributed by atoms with van der Waals surface area (Å²) in [4.78, 5) is 42.5. The van der Waals surface area contributed by atoms with Crippen LogP contribution in [0.3, 0.4) is 0 Å². The molecule has 0 spiro atoms. The highest BCUT2D eigenvalue weighted by Crippen LogP contribution is 2.46. The van der Waals surface area contributed by atoms with Crippen LogP contribution in [0.4, 0.5) is 0 Å². The number of ketones is 1. The molecule has 0 saturated carbocycles. The van der Waals surface area contributed by atoms with Gasteiger partial charge < -0.3 is 39.8 Å². The maximum absolute atomic E-state index is 13.6. The van der Waals surface area contributed by atoms with Crippen LogP contribution in [0.15, 0.2) is 54.7 Å². The van der Waals surface area contributed by atoms with Crippen molar-refractivity contribution >= 4 is 34.6 Å². The number of Topliss-reactive ketones (excluding diaryl/α,β-unsaturated/α-hetero) is 1. The van der Waals surface area contributed by atoms with Crippen molar-refractivity contribution in [3.63, 3.8) is 0 Å². The van der Waals surface area contributed by atoms with Gasteiger partial charge in [-0.05, 0) is 92.1 Å². The second-order valence-corrected chi connectivity index (χ2v) is 12.6. The van der Waals surface area contributed by atoms with Crippen LogP contribution in [0.5, 0.6) is 28.7 Å². The van der Waals surface area contributed by atoms with Crippen LogP contribution in [-0.2, 0) is 20.7 Å². The van der Waals surface area contributed by atoms with E-state index in [9.17, 15) is 29.7 Å². The lowest BCUT2D eigenvalue weighted by molar-refractivity contribution is -0.121. The fourth-order valence-corrected chi connectivity index (χ4v) is 6.50. The molecule has 6 rings (SSSR count). The number of ether oxygens (including phenoxy) is 3. The highest BCUT2D eigenvalue weighted by Gasteiger charge is 2.32. The van der Waals surface area contributed by atoms with E-state index in [2.05, 4.69) is 10.3 Å². The van der Waals surface area contributed by atoms with Crippen LogP contribution >= 0.6 is 0 Å². The number of aromatic nitrogens is 1. The number of allylic oxidation sites excluding steroid dienone is 1. The second kappa shape index (κ2) is 14.8. The van der Waals surface area contributed by atoms with Gasteiger partial charge in [-0.2, -0.15) is 0 Å². The highest BCUT2D eigenvalue weighted by atomic mass is 16.7. The largest absolute Gasteiger partial charge is 0.508 e. The molecule has 2 aliphatic heterocycles. The predicted octanol–water partition coefficient (Wildman–Crippen LogP) is 6.38. The van der Waals surface area contributed by atoms with E-state index >= 15 is 0 Å². The number of amides is 1. The van der Waals surface area contributed by atoms with Gasteiger partial charge in [0.1, 0.15) is 28.6 Å². The number of carbonyl (C=O) groups is 3. The molecule has 11 nitrogen and oxygen atoms in total. The Morgan fingerprint density at radius 3 is 2.69 bits per heavy atom. The second-order valence-electron chi connectivity index (χ2n) is 12.6. The Bertz CT molecular complexity index is 1910. The van der Waals surface area contributed by atoms with Gasteiger partial charge in [0, 0.05) is 54.4 Å². The number of aromatic hydroxyl groups is 3. The molecule has 0 saturated heterocycles. The molecule has 1 unspecified atom stereocenters. The standard InChI is InChI=1S/C38H40N2O9/c1-22-6-5-9-26(41)8-4-2-3-7-24-16-31(43)36(37(45)35(24)38(46)49-22)29(23-10-13-32-33(17-23)48-21-47-32)19-34(44)39-15-14-25-20-40-30-12-11-27(42)18-28(25)30/h3,7,10-13,16-18,20,22,29,40,42-43,45H,2,4-6,8-9,14-15,19,21H2,1H3,(H,39,44)/t22-,29?/m0/s1. The topological polar surface area (TPSA) is 167 Å². The number of hydrogen-bond acceptors (Lipinski definition) is 9. The molecule has 0 fully saturated rings. The molecule has 2 atom stereocenters. The van der Waals surface area contributed by atoms with Crippen LogP contribution in [0.2, 0.25) is 0 Å². The minimum Gasteiger partial charge on any atom is -0.508 e. The Labute approximate surface area is 283 Å². The summed E-state index contributed by atoms with van der Waals surface area (Å²) in [5.74, 6) is -1.49. The number of phenolic OH excluding ortho intramolecular Hbond substituents is 3. The lowest BCUT2D eigenvalue weighted by Gasteiger charge is -2.23. The van der Waals surface area contributed by atoms with Gasteiger partial charge in [-0.25, -0.2) is 4.79 Å². The summed E-state index contributed by atoms with van der Waals surface area (Å²) in [5.41, 5.74) is 2.50. The Morgan fingerprint density at radius 2 is 1.84 bits per heavy atom. The summed E-state index contributed by atoms with van der Waals surface area (Å²) in [6.07, 6.45) is 8.19. The van der Waals surface area contributed by atoms with E-state index in [1.165, 1.54) is 6.07 Å². The zero-order valence-corrected chi connectivity index (χ0v) is 27.3. The van der Waals surface area contributed by atoms with Gasteiger partial charge in [0.2, 0.25) is 12.7 Å². The summed E-state index contributed by atoms with van der Waals surface area (Å²) >= 11 is 0. The van der Waals surface area contributed by atoms with Crippen molar-refractivity contribution in [1.82, 2.24) is 10.3 Å². The van der Waals surface area contributed by atoms with Crippen molar-refractivity contribution < 1.29 is 43.9 Å². The molecule has 49 heavy (non-hydrogen) atoms. The van der Waals surface area contributed by atoms with Gasteiger partial charge in [0.15, 0.2) is 11.5 Å². The number of aromatic amines is 1. The number of esters is 1. The molecule has 0 bridgehead atoms. The fraction of sp³-hybridized carbons (Fsp3) is 0.342. The van der Waals surface area contributed by atoms with E-state index in [0.29, 0.717) is 62.0 Å². The molecular weight excluding hydrogens is 628 g/mol.